The van der Waals surface area contributed by atoms with Gasteiger partial charge in [-0.15, -0.1) is 0 Å². The molecule has 0 radical (unpaired) electrons. The number of benzene rings is 1. The number of nitrogens with one attached hydrogen (secondary N) is 1. The van der Waals surface area contributed by atoms with Gasteiger partial charge in [0.05, 0.1) is 6.10 Å². The molecule has 0 amide bonds. The lowest BCUT2D eigenvalue weighted by molar-refractivity contribution is 0.242. The van der Waals surface area contributed by atoms with Crippen LogP contribution < -0.4 is 15.0 Å². The second-order valence-corrected chi connectivity index (χ2v) is 6.43. The lowest BCUT2D eigenvalue weighted by atomic mass is 9.98. The molecule has 0 saturated carbocycles. The average molecular weight is 276 g/mol. The van der Waals surface area contributed by atoms with Crippen LogP contribution in [-0.4, -0.2) is 31.3 Å². The predicted octanol–water partition coefficient (Wildman–Crippen LogP) is 3.30. The number of anilines is 1. The molecule has 1 aromatic carbocycles. The number of hydrogen-bond donors (Lipinski definition) is 1. The van der Waals surface area contributed by atoms with Crippen molar-refractivity contribution in [3.63, 3.8) is 0 Å². The van der Waals surface area contributed by atoms with Crippen molar-refractivity contribution in [1.82, 2.24) is 5.32 Å². The number of hydrogen-bond acceptors (Lipinski definition) is 3. The molecule has 1 aliphatic heterocycles. The van der Waals surface area contributed by atoms with E-state index in [4.69, 9.17) is 4.74 Å². The Morgan fingerprint density at radius 3 is 2.35 bits per heavy atom. The lowest BCUT2D eigenvalue weighted by Gasteiger charge is -2.43. The van der Waals surface area contributed by atoms with Gasteiger partial charge in [0.2, 0.25) is 0 Å². The maximum Gasteiger partial charge on any atom is 0.119 e. The van der Waals surface area contributed by atoms with E-state index in [1.807, 2.05) is 0 Å². The van der Waals surface area contributed by atoms with E-state index in [0.29, 0.717) is 18.0 Å². The summed E-state index contributed by atoms with van der Waals surface area (Å²) in [7, 11) is 0. The number of nitrogens with zero attached hydrogens (tertiary/aromatic N) is 1. The van der Waals surface area contributed by atoms with Gasteiger partial charge in [-0.3, -0.25) is 0 Å². The Morgan fingerprint density at radius 1 is 1.15 bits per heavy atom. The maximum atomic E-state index is 5.72. The van der Waals surface area contributed by atoms with E-state index in [1.165, 1.54) is 5.69 Å². The molecule has 1 aromatic rings. The zero-order chi connectivity index (χ0) is 14.7. The van der Waals surface area contributed by atoms with E-state index in [9.17, 15) is 0 Å². The molecule has 2 unspecified atom stereocenters. The number of rotatable bonds is 4. The van der Waals surface area contributed by atoms with Gasteiger partial charge in [0.1, 0.15) is 5.75 Å². The van der Waals surface area contributed by atoms with Gasteiger partial charge in [0, 0.05) is 30.9 Å². The molecule has 0 aromatic heterocycles. The van der Waals surface area contributed by atoms with Crippen LogP contribution >= 0.6 is 0 Å². The molecule has 0 spiro atoms. The van der Waals surface area contributed by atoms with Gasteiger partial charge in [-0.05, 0) is 51.0 Å². The quantitative estimate of drug-likeness (QED) is 0.913. The second-order valence-electron chi connectivity index (χ2n) is 6.43. The Kier molecular flexibility index (Phi) is 4.92. The third-order valence-corrected chi connectivity index (χ3v) is 3.86. The van der Waals surface area contributed by atoms with E-state index in [0.717, 1.165) is 18.8 Å². The molecule has 1 aliphatic rings. The van der Waals surface area contributed by atoms with Gasteiger partial charge in [-0.1, -0.05) is 13.8 Å². The molecular formula is C17H28N2O. The van der Waals surface area contributed by atoms with Gasteiger partial charge < -0.3 is 15.0 Å². The smallest absolute Gasteiger partial charge is 0.119 e. The van der Waals surface area contributed by atoms with Gasteiger partial charge in [-0.25, -0.2) is 0 Å². The Balaban J connectivity index is 2.14. The molecule has 2 rings (SSSR count). The van der Waals surface area contributed by atoms with Crippen molar-refractivity contribution in [3.05, 3.63) is 24.3 Å². The van der Waals surface area contributed by atoms with Crippen LogP contribution in [0, 0.1) is 5.92 Å². The third kappa shape index (κ3) is 3.66. The molecule has 1 saturated heterocycles. The molecule has 0 aliphatic carbocycles. The molecule has 2 atom stereocenters. The molecule has 20 heavy (non-hydrogen) atoms. The Hall–Kier alpha value is -1.22. The molecule has 1 heterocycles. The van der Waals surface area contributed by atoms with E-state index in [2.05, 4.69) is 69.1 Å². The van der Waals surface area contributed by atoms with E-state index < -0.39 is 0 Å². The average Bonchev–Trinajstić information content (AvgIpc) is 2.38. The second kappa shape index (κ2) is 6.49. The monoisotopic (exact) mass is 276 g/mol. The van der Waals surface area contributed by atoms with Crippen LogP contribution in [0.2, 0.25) is 0 Å². The summed E-state index contributed by atoms with van der Waals surface area (Å²) in [6.45, 7) is 13.1. The standard InChI is InChI=1S/C17H28N2O/c1-12(2)17-10-18-14(5)11-19(17)15-6-8-16(9-7-15)20-13(3)4/h6-9,12-14,17-18H,10-11H2,1-5H3. The van der Waals surface area contributed by atoms with Crippen LogP contribution in [0.5, 0.6) is 5.75 Å². The summed E-state index contributed by atoms with van der Waals surface area (Å²) in [5.41, 5.74) is 1.30. The summed E-state index contributed by atoms with van der Waals surface area (Å²) in [5.74, 6) is 1.59. The summed E-state index contributed by atoms with van der Waals surface area (Å²) in [6, 6.07) is 9.63. The highest BCUT2D eigenvalue weighted by molar-refractivity contribution is 5.51. The first-order chi connectivity index (χ1) is 9.47. The minimum atomic E-state index is 0.225. The summed E-state index contributed by atoms with van der Waals surface area (Å²) in [6.07, 6.45) is 0.225. The first kappa shape index (κ1) is 15.2. The topological polar surface area (TPSA) is 24.5 Å². The van der Waals surface area contributed by atoms with Crippen LogP contribution in [0.15, 0.2) is 24.3 Å². The van der Waals surface area contributed by atoms with Crippen molar-refractivity contribution < 1.29 is 4.74 Å². The van der Waals surface area contributed by atoms with E-state index >= 15 is 0 Å². The Morgan fingerprint density at radius 2 is 1.80 bits per heavy atom. The van der Waals surface area contributed by atoms with Crippen LogP contribution in [0.1, 0.15) is 34.6 Å². The van der Waals surface area contributed by atoms with Crippen LogP contribution in [-0.2, 0) is 0 Å². The fourth-order valence-electron chi connectivity index (χ4n) is 2.81. The molecular weight excluding hydrogens is 248 g/mol. The van der Waals surface area contributed by atoms with Crippen molar-refractivity contribution in [3.8, 4) is 5.75 Å². The van der Waals surface area contributed by atoms with Crippen molar-refractivity contribution in [2.24, 2.45) is 5.92 Å². The predicted molar refractivity (Wildman–Crippen MR) is 85.6 cm³/mol. The maximum absolute atomic E-state index is 5.72. The van der Waals surface area contributed by atoms with Gasteiger partial charge >= 0.3 is 0 Å². The molecule has 112 valence electrons. The summed E-state index contributed by atoms with van der Waals surface area (Å²) in [5, 5.41) is 3.58. The fraction of sp³-hybridized carbons (Fsp3) is 0.647. The van der Waals surface area contributed by atoms with E-state index in [-0.39, 0.29) is 6.10 Å². The summed E-state index contributed by atoms with van der Waals surface area (Å²) >= 11 is 0. The highest BCUT2D eigenvalue weighted by Crippen LogP contribution is 2.26. The van der Waals surface area contributed by atoms with Gasteiger partial charge in [0.15, 0.2) is 0 Å². The largest absolute Gasteiger partial charge is 0.491 e. The third-order valence-electron chi connectivity index (χ3n) is 3.86. The summed E-state index contributed by atoms with van der Waals surface area (Å²) < 4.78 is 5.72. The van der Waals surface area contributed by atoms with Crippen LogP contribution in [0.3, 0.4) is 0 Å². The van der Waals surface area contributed by atoms with Crippen molar-refractivity contribution >= 4 is 5.69 Å². The molecule has 1 fully saturated rings. The van der Waals surface area contributed by atoms with Gasteiger partial charge in [0.25, 0.3) is 0 Å². The highest BCUT2D eigenvalue weighted by atomic mass is 16.5. The Labute approximate surface area is 123 Å². The van der Waals surface area contributed by atoms with Crippen molar-refractivity contribution in [2.75, 3.05) is 18.0 Å². The first-order valence-electron chi connectivity index (χ1n) is 7.74. The highest BCUT2D eigenvalue weighted by Gasteiger charge is 2.28. The first-order valence-corrected chi connectivity index (χ1v) is 7.74. The SMILES string of the molecule is CC1CN(c2ccc(OC(C)C)cc2)C(C(C)C)CN1. The number of ether oxygens (including phenoxy) is 1. The van der Waals surface area contributed by atoms with Crippen LogP contribution in [0.25, 0.3) is 0 Å². The van der Waals surface area contributed by atoms with Crippen molar-refractivity contribution in [2.45, 2.75) is 52.8 Å². The zero-order valence-electron chi connectivity index (χ0n) is 13.4. The summed E-state index contributed by atoms with van der Waals surface area (Å²) in [4.78, 5) is 2.53. The van der Waals surface area contributed by atoms with Crippen molar-refractivity contribution in [1.29, 1.82) is 0 Å². The lowest BCUT2D eigenvalue weighted by Crippen LogP contribution is -2.57. The molecule has 0 bridgehead atoms. The molecule has 3 nitrogen and oxygen atoms in total. The van der Waals surface area contributed by atoms with Crippen LogP contribution in [0.4, 0.5) is 5.69 Å². The minimum absolute atomic E-state index is 0.225. The zero-order valence-corrected chi connectivity index (χ0v) is 13.4. The normalized spacial score (nSPS) is 23.4. The molecule has 3 heteroatoms. The Bertz CT molecular complexity index is 414. The minimum Gasteiger partial charge on any atom is -0.491 e. The molecule has 1 N–H and O–H groups in total. The number of piperazine rings is 1. The van der Waals surface area contributed by atoms with Gasteiger partial charge in [-0.2, -0.15) is 0 Å². The van der Waals surface area contributed by atoms with E-state index in [1.54, 1.807) is 0 Å². The fourth-order valence-corrected chi connectivity index (χ4v) is 2.81.